The number of sulfonamides is 1. The molecule has 0 fully saturated rings. The van der Waals surface area contributed by atoms with Crippen LogP contribution in [-0.2, 0) is 32.6 Å². The molecule has 0 aliphatic carbocycles. The van der Waals surface area contributed by atoms with Gasteiger partial charge in [-0.1, -0.05) is 89.5 Å². The molecule has 1 N–H and O–H groups in total. The van der Waals surface area contributed by atoms with E-state index in [4.69, 9.17) is 11.6 Å². The molecule has 7 nitrogen and oxygen atoms in total. The minimum Gasteiger partial charge on any atom is -0.355 e. The average Bonchev–Trinajstić information content (AvgIpc) is 2.99. The molecule has 0 saturated heterocycles. The van der Waals surface area contributed by atoms with Crippen molar-refractivity contribution >= 4 is 39.1 Å². The molecule has 0 saturated carbocycles. The van der Waals surface area contributed by atoms with Gasteiger partial charge >= 0.3 is 0 Å². The molecule has 230 valence electrons. The summed E-state index contributed by atoms with van der Waals surface area (Å²) in [7, 11) is -4.16. The van der Waals surface area contributed by atoms with Crippen molar-refractivity contribution in [3.05, 3.63) is 130 Å². The molecular weight excluding hydrogens is 594 g/mol. The summed E-state index contributed by atoms with van der Waals surface area (Å²) in [5.74, 6) is -0.832. The van der Waals surface area contributed by atoms with Gasteiger partial charge < -0.3 is 10.2 Å². The van der Waals surface area contributed by atoms with Crippen molar-refractivity contribution in [3.63, 3.8) is 0 Å². The largest absolute Gasteiger partial charge is 0.355 e. The van der Waals surface area contributed by atoms with Crippen molar-refractivity contribution in [1.29, 1.82) is 0 Å². The van der Waals surface area contributed by atoms with Gasteiger partial charge in [0.25, 0.3) is 10.0 Å². The lowest BCUT2D eigenvalue weighted by atomic mass is 10.0. The maximum atomic E-state index is 14.5. The molecule has 0 heterocycles. The Morgan fingerprint density at radius 2 is 1.45 bits per heavy atom. The lowest BCUT2D eigenvalue weighted by Gasteiger charge is -2.34. The van der Waals surface area contributed by atoms with Crippen molar-refractivity contribution in [2.24, 2.45) is 0 Å². The maximum Gasteiger partial charge on any atom is 0.264 e. The number of nitrogens with zero attached hydrogens (tertiary/aromatic N) is 2. The molecule has 0 bridgehead atoms. The highest BCUT2D eigenvalue weighted by molar-refractivity contribution is 7.92. The second kappa shape index (κ2) is 14.6. The lowest BCUT2D eigenvalue weighted by molar-refractivity contribution is -0.140. The second-order valence-corrected chi connectivity index (χ2v) is 13.2. The fourth-order valence-corrected chi connectivity index (χ4v) is 6.67. The van der Waals surface area contributed by atoms with Gasteiger partial charge in [-0.05, 0) is 74.7 Å². The number of aryl methyl sites for hydroxylation is 3. The minimum atomic E-state index is -4.16. The van der Waals surface area contributed by atoms with Crippen LogP contribution in [0.15, 0.2) is 102 Å². The van der Waals surface area contributed by atoms with E-state index in [0.717, 1.165) is 26.6 Å². The first-order valence-corrected chi connectivity index (χ1v) is 16.3. The number of rotatable bonds is 12. The van der Waals surface area contributed by atoms with Crippen LogP contribution in [-0.4, -0.2) is 44.3 Å². The van der Waals surface area contributed by atoms with Crippen LogP contribution in [0.25, 0.3) is 0 Å². The topological polar surface area (TPSA) is 86.8 Å². The van der Waals surface area contributed by atoms with Crippen LogP contribution in [0.1, 0.15) is 34.7 Å². The molecule has 0 aromatic heterocycles. The van der Waals surface area contributed by atoms with E-state index in [1.165, 1.54) is 4.90 Å². The summed E-state index contributed by atoms with van der Waals surface area (Å²) in [5, 5.41) is 3.42. The summed E-state index contributed by atoms with van der Waals surface area (Å²) < 4.78 is 29.5. The third kappa shape index (κ3) is 8.07. The first kappa shape index (κ1) is 32.8. The molecule has 2 amide bonds. The zero-order valence-corrected chi connectivity index (χ0v) is 27.0. The van der Waals surface area contributed by atoms with Gasteiger partial charge in [0.15, 0.2) is 0 Å². The van der Waals surface area contributed by atoms with Crippen molar-refractivity contribution in [2.45, 2.75) is 51.6 Å². The van der Waals surface area contributed by atoms with E-state index >= 15 is 0 Å². The molecule has 4 rings (SSSR count). The van der Waals surface area contributed by atoms with Gasteiger partial charge in [-0.2, -0.15) is 0 Å². The molecule has 0 aliphatic rings. The zero-order chi connectivity index (χ0) is 31.9. The molecule has 0 unspecified atom stereocenters. The minimum absolute atomic E-state index is 0.0738. The maximum absolute atomic E-state index is 14.5. The third-order valence-corrected chi connectivity index (χ3v) is 9.42. The van der Waals surface area contributed by atoms with Gasteiger partial charge in [0.05, 0.1) is 10.6 Å². The average molecular weight is 632 g/mol. The standard InChI is InChI=1S/C35H38ClN3O4S/c1-5-37-35(41)33(22-28-9-7-6-8-10-28)38(23-29-14-16-30(36)17-15-29)34(40)24-39(32-20-13-26(3)21-27(32)4)44(42,43)31-18-11-25(2)12-19-31/h6-21,33H,5,22-24H2,1-4H3,(H,37,41)/t33-/m1/s1. The summed E-state index contributed by atoms with van der Waals surface area (Å²) in [5.41, 5.74) is 4.61. The lowest BCUT2D eigenvalue weighted by Crippen LogP contribution is -2.53. The highest BCUT2D eigenvalue weighted by atomic mass is 35.5. The highest BCUT2D eigenvalue weighted by Crippen LogP contribution is 2.29. The molecule has 4 aromatic carbocycles. The number of amides is 2. The van der Waals surface area contributed by atoms with E-state index in [2.05, 4.69) is 5.32 Å². The molecule has 1 atom stereocenters. The first-order valence-electron chi connectivity index (χ1n) is 14.5. The van der Waals surface area contributed by atoms with Crippen LogP contribution < -0.4 is 9.62 Å². The fourth-order valence-electron chi connectivity index (χ4n) is 5.07. The number of benzene rings is 4. The number of halogens is 1. The molecule has 0 radical (unpaired) electrons. The van der Waals surface area contributed by atoms with Crippen molar-refractivity contribution in [1.82, 2.24) is 10.2 Å². The summed E-state index contributed by atoms with van der Waals surface area (Å²) in [4.78, 5) is 29.6. The Balaban J connectivity index is 1.81. The Morgan fingerprint density at radius 3 is 2.07 bits per heavy atom. The fraction of sp³-hybridized carbons (Fsp3) is 0.257. The zero-order valence-electron chi connectivity index (χ0n) is 25.5. The number of carbonyl (C=O) groups is 2. The Labute approximate surface area is 265 Å². The van der Waals surface area contributed by atoms with Crippen LogP contribution in [0.4, 0.5) is 5.69 Å². The highest BCUT2D eigenvalue weighted by Gasteiger charge is 2.35. The van der Waals surface area contributed by atoms with Crippen molar-refractivity contribution in [2.75, 3.05) is 17.4 Å². The predicted molar refractivity (Wildman–Crippen MR) is 176 cm³/mol. The molecular formula is C35H38ClN3O4S. The Kier molecular flexibility index (Phi) is 10.8. The Hall–Kier alpha value is -4.14. The van der Waals surface area contributed by atoms with Crippen LogP contribution in [0.5, 0.6) is 0 Å². The molecule has 9 heteroatoms. The molecule has 4 aromatic rings. The monoisotopic (exact) mass is 631 g/mol. The smallest absolute Gasteiger partial charge is 0.264 e. The van der Waals surface area contributed by atoms with Gasteiger partial charge in [-0.3, -0.25) is 13.9 Å². The van der Waals surface area contributed by atoms with E-state index in [1.54, 1.807) is 54.6 Å². The van der Waals surface area contributed by atoms with Crippen LogP contribution in [0.3, 0.4) is 0 Å². The van der Waals surface area contributed by atoms with E-state index in [1.807, 2.05) is 70.2 Å². The summed E-state index contributed by atoms with van der Waals surface area (Å²) in [6.07, 6.45) is 0.250. The van der Waals surface area contributed by atoms with E-state index < -0.39 is 28.5 Å². The summed E-state index contributed by atoms with van der Waals surface area (Å²) >= 11 is 6.14. The molecule has 0 aliphatic heterocycles. The normalized spacial score (nSPS) is 11.9. The molecule has 0 spiro atoms. The predicted octanol–water partition coefficient (Wildman–Crippen LogP) is 6.24. The van der Waals surface area contributed by atoms with Crippen LogP contribution >= 0.6 is 11.6 Å². The van der Waals surface area contributed by atoms with E-state index in [0.29, 0.717) is 22.8 Å². The summed E-state index contributed by atoms with van der Waals surface area (Å²) in [6.45, 7) is 7.40. The van der Waals surface area contributed by atoms with Crippen LogP contribution in [0, 0.1) is 20.8 Å². The van der Waals surface area contributed by atoms with E-state index in [-0.39, 0.29) is 23.8 Å². The van der Waals surface area contributed by atoms with Gasteiger partial charge in [-0.25, -0.2) is 8.42 Å². The van der Waals surface area contributed by atoms with E-state index in [9.17, 15) is 18.0 Å². The van der Waals surface area contributed by atoms with Gasteiger partial charge in [-0.15, -0.1) is 0 Å². The SMILES string of the molecule is CCNC(=O)[C@@H](Cc1ccccc1)N(Cc1ccc(Cl)cc1)C(=O)CN(c1ccc(C)cc1C)S(=O)(=O)c1ccc(C)cc1. The van der Waals surface area contributed by atoms with Gasteiger partial charge in [0.1, 0.15) is 12.6 Å². The third-order valence-electron chi connectivity index (χ3n) is 7.40. The van der Waals surface area contributed by atoms with Crippen LogP contribution in [0.2, 0.25) is 5.02 Å². The quantitative estimate of drug-likeness (QED) is 0.201. The number of hydrogen-bond donors (Lipinski definition) is 1. The number of likely N-dealkylation sites (N-methyl/N-ethyl adjacent to an activating group) is 1. The summed E-state index contributed by atoms with van der Waals surface area (Å²) in [6, 6.07) is 27.6. The van der Waals surface area contributed by atoms with Gasteiger partial charge in [0.2, 0.25) is 11.8 Å². The Bertz CT molecular complexity index is 1690. The second-order valence-electron chi connectivity index (χ2n) is 10.9. The first-order chi connectivity index (χ1) is 21.0. The number of anilines is 1. The number of nitrogens with one attached hydrogen (secondary N) is 1. The number of carbonyl (C=O) groups excluding carboxylic acids is 2. The van der Waals surface area contributed by atoms with Gasteiger partial charge in [0, 0.05) is 24.5 Å². The molecule has 44 heavy (non-hydrogen) atoms. The van der Waals surface area contributed by atoms with Crippen molar-refractivity contribution < 1.29 is 18.0 Å². The number of hydrogen-bond acceptors (Lipinski definition) is 4. The Morgan fingerprint density at radius 1 is 0.818 bits per heavy atom. The van der Waals surface area contributed by atoms with Crippen molar-refractivity contribution in [3.8, 4) is 0 Å².